The third-order valence-corrected chi connectivity index (χ3v) is 2.27. The van der Waals surface area contributed by atoms with Crippen molar-refractivity contribution >= 4 is 17.9 Å². The van der Waals surface area contributed by atoms with Crippen molar-refractivity contribution in [1.29, 1.82) is 0 Å². The van der Waals surface area contributed by atoms with E-state index < -0.39 is 11.7 Å². The molecule has 1 N–H and O–H groups in total. The van der Waals surface area contributed by atoms with Crippen LogP contribution in [0.3, 0.4) is 0 Å². The zero-order chi connectivity index (χ0) is 11.6. The number of anilines is 1. The number of halogens is 1. The molecule has 1 amide bonds. The summed E-state index contributed by atoms with van der Waals surface area (Å²) in [6.45, 7) is 4.69. The number of aryl methyl sites for hydroxylation is 1. The Morgan fingerprint density at radius 3 is 2.53 bits per heavy atom. The molecule has 1 aromatic rings. The Labute approximate surface area is 87.3 Å². The number of benzene rings is 1. The van der Waals surface area contributed by atoms with Crippen LogP contribution in [0, 0.1) is 19.7 Å². The molecule has 0 aromatic heterocycles. The Morgan fingerprint density at radius 1 is 1.47 bits per heavy atom. The number of amides is 1. The summed E-state index contributed by atoms with van der Waals surface area (Å²) in [4.78, 5) is 21.7. The van der Waals surface area contributed by atoms with Gasteiger partial charge in [-0.1, -0.05) is 0 Å². The molecule has 0 atom stereocenters. The number of hydrogen-bond acceptors (Lipinski definition) is 2. The molecule has 15 heavy (non-hydrogen) atoms. The minimum Gasteiger partial charge on any atom is -0.323 e. The second kappa shape index (κ2) is 4.21. The van der Waals surface area contributed by atoms with E-state index in [1.54, 1.807) is 13.8 Å². The Kier molecular flexibility index (Phi) is 3.19. The smallest absolute Gasteiger partial charge is 0.221 e. The number of aldehydes is 1. The Hall–Kier alpha value is -1.71. The van der Waals surface area contributed by atoms with E-state index in [0.717, 1.165) is 0 Å². The molecule has 0 heterocycles. The maximum Gasteiger partial charge on any atom is 0.221 e. The second-order valence-corrected chi connectivity index (χ2v) is 3.39. The van der Waals surface area contributed by atoms with Gasteiger partial charge in [-0.15, -0.1) is 0 Å². The number of hydrogen-bond donors (Lipinski definition) is 1. The van der Waals surface area contributed by atoms with Crippen LogP contribution in [0.2, 0.25) is 0 Å². The second-order valence-electron chi connectivity index (χ2n) is 3.39. The molecular weight excluding hydrogens is 197 g/mol. The van der Waals surface area contributed by atoms with Gasteiger partial charge in [0.05, 0.1) is 5.69 Å². The maximum atomic E-state index is 13.5. The summed E-state index contributed by atoms with van der Waals surface area (Å²) in [5, 5.41) is 2.32. The molecule has 0 fully saturated rings. The third-order valence-electron chi connectivity index (χ3n) is 2.27. The highest BCUT2D eigenvalue weighted by Gasteiger charge is 2.14. The van der Waals surface area contributed by atoms with Crippen molar-refractivity contribution in [2.24, 2.45) is 0 Å². The predicted octanol–water partition coefficient (Wildman–Crippen LogP) is 2.21. The Balaban J connectivity index is 3.41. The third kappa shape index (κ3) is 2.21. The lowest BCUT2D eigenvalue weighted by molar-refractivity contribution is -0.114. The fraction of sp³-hybridized carbons (Fsp3) is 0.273. The van der Waals surface area contributed by atoms with Crippen molar-refractivity contribution in [3.63, 3.8) is 0 Å². The average Bonchev–Trinajstić information content (AvgIpc) is 2.14. The van der Waals surface area contributed by atoms with Crippen LogP contribution in [0.25, 0.3) is 0 Å². The zero-order valence-electron chi connectivity index (χ0n) is 8.85. The molecule has 0 aliphatic rings. The summed E-state index contributed by atoms with van der Waals surface area (Å²) < 4.78 is 13.5. The molecule has 0 saturated carbocycles. The number of nitrogens with one attached hydrogen (secondary N) is 1. The van der Waals surface area contributed by atoms with E-state index in [2.05, 4.69) is 5.32 Å². The summed E-state index contributed by atoms with van der Waals surface area (Å²) in [5.41, 5.74) is 1.52. The van der Waals surface area contributed by atoms with Gasteiger partial charge in [0.15, 0.2) is 6.29 Å². The van der Waals surface area contributed by atoms with Crippen LogP contribution < -0.4 is 5.32 Å². The summed E-state index contributed by atoms with van der Waals surface area (Å²) in [5.74, 6) is -0.990. The number of carbonyl (C=O) groups excluding carboxylic acids is 2. The zero-order valence-corrected chi connectivity index (χ0v) is 8.85. The van der Waals surface area contributed by atoms with Crippen molar-refractivity contribution in [3.05, 3.63) is 28.6 Å². The summed E-state index contributed by atoms with van der Waals surface area (Å²) in [6, 6.07) is 1.30. The van der Waals surface area contributed by atoms with Gasteiger partial charge in [-0.3, -0.25) is 9.59 Å². The van der Waals surface area contributed by atoms with Crippen molar-refractivity contribution in [3.8, 4) is 0 Å². The van der Waals surface area contributed by atoms with E-state index in [1.165, 1.54) is 13.0 Å². The lowest BCUT2D eigenvalue weighted by atomic mass is 10.0. The quantitative estimate of drug-likeness (QED) is 0.759. The minimum absolute atomic E-state index is 0.0411. The van der Waals surface area contributed by atoms with Gasteiger partial charge in [-0.05, 0) is 31.0 Å². The SMILES string of the molecule is CC(=O)Nc1c(F)cc(C)c(C)c1C=O. The van der Waals surface area contributed by atoms with E-state index in [4.69, 9.17) is 0 Å². The molecule has 3 nitrogen and oxygen atoms in total. The largest absolute Gasteiger partial charge is 0.323 e. The fourth-order valence-corrected chi connectivity index (χ4v) is 1.35. The van der Waals surface area contributed by atoms with Crippen molar-refractivity contribution in [2.45, 2.75) is 20.8 Å². The van der Waals surface area contributed by atoms with Crippen LogP contribution in [-0.2, 0) is 4.79 Å². The highest BCUT2D eigenvalue weighted by atomic mass is 19.1. The van der Waals surface area contributed by atoms with Crippen LogP contribution >= 0.6 is 0 Å². The Bertz CT molecular complexity index is 427. The van der Waals surface area contributed by atoms with Crippen LogP contribution in [0.5, 0.6) is 0 Å². The monoisotopic (exact) mass is 209 g/mol. The van der Waals surface area contributed by atoms with Gasteiger partial charge < -0.3 is 5.32 Å². The van der Waals surface area contributed by atoms with Gasteiger partial charge in [0.25, 0.3) is 0 Å². The average molecular weight is 209 g/mol. The van der Waals surface area contributed by atoms with Crippen molar-refractivity contribution < 1.29 is 14.0 Å². The van der Waals surface area contributed by atoms with E-state index in [9.17, 15) is 14.0 Å². The molecule has 1 aromatic carbocycles. The van der Waals surface area contributed by atoms with Crippen LogP contribution in [0.1, 0.15) is 28.4 Å². The molecule has 80 valence electrons. The van der Waals surface area contributed by atoms with E-state index in [-0.39, 0.29) is 11.3 Å². The van der Waals surface area contributed by atoms with Crippen LogP contribution in [0.4, 0.5) is 10.1 Å². The number of rotatable bonds is 2. The fourth-order valence-electron chi connectivity index (χ4n) is 1.35. The lowest BCUT2D eigenvalue weighted by Gasteiger charge is -2.11. The van der Waals surface area contributed by atoms with Gasteiger partial charge in [0.1, 0.15) is 5.82 Å². The molecule has 4 heteroatoms. The van der Waals surface area contributed by atoms with Gasteiger partial charge >= 0.3 is 0 Å². The molecule has 0 spiro atoms. The van der Waals surface area contributed by atoms with Crippen LogP contribution in [0.15, 0.2) is 6.07 Å². The molecule has 0 unspecified atom stereocenters. The molecule has 0 bridgehead atoms. The van der Waals surface area contributed by atoms with E-state index in [1.807, 2.05) is 0 Å². The molecule has 0 saturated heterocycles. The van der Waals surface area contributed by atoms with Crippen LogP contribution in [-0.4, -0.2) is 12.2 Å². The van der Waals surface area contributed by atoms with Gasteiger partial charge in [0, 0.05) is 12.5 Å². The molecule has 0 aliphatic heterocycles. The maximum absolute atomic E-state index is 13.5. The summed E-state index contributed by atoms with van der Waals surface area (Å²) >= 11 is 0. The first-order valence-corrected chi connectivity index (χ1v) is 4.49. The molecular formula is C11H12FNO2. The molecule has 1 rings (SSSR count). The van der Waals surface area contributed by atoms with Crippen molar-refractivity contribution in [2.75, 3.05) is 5.32 Å². The first-order valence-electron chi connectivity index (χ1n) is 4.49. The van der Waals surface area contributed by atoms with Gasteiger partial charge in [0.2, 0.25) is 5.91 Å². The predicted molar refractivity (Wildman–Crippen MR) is 55.6 cm³/mol. The topological polar surface area (TPSA) is 46.2 Å². The van der Waals surface area contributed by atoms with Gasteiger partial charge in [-0.2, -0.15) is 0 Å². The lowest BCUT2D eigenvalue weighted by Crippen LogP contribution is -2.11. The van der Waals surface area contributed by atoms with Gasteiger partial charge in [-0.25, -0.2) is 4.39 Å². The highest BCUT2D eigenvalue weighted by Crippen LogP contribution is 2.24. The normalized spacial score (nSPS) is 9.87. The Morgan fingerprint density at radius 2 is 2.07 bits per heavy atom. The molecule has 0 radical (unpaired) electrons. The summed E-state index contributed by atoms with van der Waals surface area (Å²) in [7, 11) is 0. The summed E-state index contributed by atoms with van der Waals surface area (Å²) in [6.07, 6.45) is 0.552. The van der Waals surface area contributed by atoms with E-state index >= 15 is 0 Å². The number of carbonyl (C=O) groups is 2. The highest BCUT2D eigenvalue weighted by molar-refractivity contribution is 5.96. The van der Waals surface area contributed by atoms with Crippen molar-refractivity contribution in [1.82, 2.24) is 0 Å². The molecule has 0 aliphatic carbocycles. The van der Waals surface area contributed by atoms with E-state index in [0.29, 0.717) is 17.4 Å². The standard InChI is InChI=1S/C11H12FNO2/c1-6-4-10(12)11(13-8(3)15)9(5-14)7(6)2/h4-5H,1-3H3,(H,13,15). The first-order chi connectivity index (χ1) is 6.97. The first kappa shape index (κ1) is 11.4. The minimum atomic E-state index is -0.588.